The molecule has 1 N–H and O–H groups in total. The Kier molecular flexibility index (Phi) is 4.30. The van der Waals surface area contributed by atoms with Crippen LogP contribution in [0.5, 0.6) is 0 Å². The largest absolute Gasteiger partial charge is 0.478 e. The van der Waals surface area contributed by atoms with Crippen LogP contribution >= 0.6 is 0 Å². The van der Waals surface area contributed by atoms with Crippen molar-refractivity contribution in [1.82, 2.24) is 9.97 Å². The summed E-state index contributed by atoms with van der Waals surface area (Å²) in [6.45, 7) is 6.26. The van der Waals surface area contributed by atoms with Crippen molar-refractivity contribution in [3.63, 3.8) is 0 Å². The van der Waals surface area contributed by atoms with Crippen LogP contribution in [0.15, 0.2) is 30.6 Å². The van der Waals surface area contributed by atoms with E-state index in [9.17, 15) is 14.7 Å². The number of aromatic carboxylic acids is 1. The van der Waals surface area contributed by atoms with Gasteiger partial charge in [0, 0.05) is 42.7 Å². The standard InChI is InChI=1S/C20H23N3O3/c1-19(2,3)23(4)17-15(6-5-7-21-17)20(12-24)9-13-8-14(18(25)26)11-22-16(13)10-20/h5-8,11-12H,9-10H2,1-4H3,(H,25,26)/t20-/m1/s1. The number of pyridine rings is 2. The lowest BCUT2D eigenvalue weighted by Crippen LogP contribution is -2.41. The molecule has 6 nitrogen and oxygen atoms in total. The maximum Gasteiger partial charge on any atom is 0.337 e. The van der Waals surface area contributed by atoms with Crippen molar-refractivity contribution in [3.05, 3.63) is 53.0 Å². The van der Waals surface area contributed by atoms with Gasteiger partial charge in [-0.05, 0) is 44.9 Å². The van der Waals surface area contributed by atoms with Crippen molar-refractivity contribution in [3.8, 4) is 0 Å². The average molecular weight is 353 g/mol. The van der Waals surface area contributed by atoms with Crippen LogP contribution in [-0.2, 0) is 23.1 Å². The Hall–Kier alpha value is -2.76. The molecule has 0 radical (unpaired) electrons. The number of aromatic nitrogens is 2. The van der Waals surface area contributed by atoms with Gasteiger partial charge in [-0.15, -0.1) is 0 Å². The molecule has 26 heavy (non-hydrogen) atoms. The highest BCUT2D eigenvalue weighted by Crippen LogP contribution is 2.41. The lowest BCUT2D eigenvalue weighted by Gasteiger charge is -2.37. The molecule has 2 aromatic rings. The zero-order valence-corrected chi connectivity index (χ0v) is 15.5. The van der Waals surface area contributed by atoms with E-state index in [4.69, 9.17) is 0 Å². The van der Waals surface area contributed by atoms with E-state index < -0.39 is 11.4 Å². The first-order chi connectivity index (χ1) is 12.2. The Labute approximate surface area is 152 Å². The minimum Gasteiger partial charge on any atom is -0.478 e. The number of hydrogen-bond donors (Lipinski definition) is 1. The van der Waals surface area contributed by atoms with Gasteiger partial charge in [-0.2, -0.15) is 0 Å². The van der Waals surface area contributed by atoms with E-state index in [-0.39, 0.29) is 11.1 Å². The van der Waals surface area contributed by atoms with E-state index in [0.717, 1.165) is 28.9 Å². The summed E-state index contributed by atoms with van der Waals surface area (Å²) < 4.78 is 0. The molecule has 1 atom stereocenters. The van der Waals surface area contributed by atoms with Crippen LogP contribution in [0.4, 0.5) is 5.82 Å². The second kappa shape index (κ2) is 6.20. The zero-order chi connectivity index (χ0) is 19.1. The lowest BCUT2D eigenvalue weighted by molar-refractivity contribution is -0.112. The van der Waals surface area contributed by atoms with E-state index in [1.54, 1.807) is 12.3 Å². The third kappa shape index (κ3) is 2.96. The Bertz CT molecular complexity index is 873. The summed E-state index contributed by atoms with van der Waals surface area (Å²) in [6.07, 6.45) is 4.92. The Morgan fingerprint density at radius 3 is 2.65 bits per heavy atom. The summed E-state index contributed by atoms with van der Waals surface area (Å²) in [5, 5.41) is 9.20. The molecule has 0 saturated carbocycles. The molecule has 0 spiro atoms. The second-order valence-corrected chi connectivity index (χ2v) is 7.87. The van der Waals surface area contributed by atoms with Crippen LogP contribution in [0.1, 0.15) is 48.0 Å². The van der Waals surface area contributed by atoms with E-state index >= 15 is 0 Å². The summed E-state index contributed by atoms with van der Waals surface area (Å²) in [7, 11) is 1.97. The van der Waals surface area contributed by atoms with Crippen molar-refractivity contribution < 1.29 is 14.7 Å². The second-order valence-electron chi connectivity index (χ2n) is 7.87. The summed E-state index contributed by atoms with van der Waals surface area (Å²) in [6, 6.07) is 5.39. The number of carboxylic acid groups (broad SMARTS) is 1. The summed E-state index contributed by atoms with van der Waals surface area (Å²) >= 11 is 0. The van der Waals surface area contributed by atoms with Gasteiger partial charge in [-0.3, -0.25) is 4.98 Å². The van der Waals surface area contributed by atoms with E-state index in [2.05, 4.69) is 35.6 Å². The number of nitrogens with zero attached hydrogens (tertiary/aromatic N) is 3. The fourth-order valence-corrected chi connectivity index (χ4v) is 3.38. The van der Waals surface area contributed by atoms with Gasteiger partial charge in [0.25, 0.3) is 0 Å². The summed E-state index contributed by atoms with van der Waals surface area (Å²) in [4.78, 5) is 34.4. The van der Waals surface area contributed by atoms with Crippen molar-refractivity contribution in [1.29, 1.82) is 0 Å². The third-order valence-corrected chi connectivity index (χ3v) is 5.17. The molecule has 6 heteroatoms. The first-order valence-electron chi connectivity index (χ1n) is 8.55. The molecule has 0 aliphatic heterocycles. The van der Waals surface area contributed by atoms with Gasteiger partial charge in [0.15, 0.2) is 0 Å². The van der Waals surface area contributed by atoms with E-state index in [0.29, 0.717) is 12.8 Å². The number of anilines is 1. The first-order valence-corrected chi connectivity index (χ1v) is 8.55. The van der Waals surface area contributed by atoms with Crippen LogP contribution in [-0.4, -0.2) is 39.9 Å². The Balaban J connectivity index is 2.09. The van der Waals surface area contributed by atoms with E-state index in [1.165, 1.54) is 6.20 Å². The van der Waals surface area contributed by atoms with Crippen molar-refractivity contribution in [2.75, 3.05) is 11.9 Å². The summed E-state index contributed by atoms with van der Waals surface area (Å²) in [5.74, 6) is -0.253. The molecule has 3 rings (SSSR count). The minimum atomic E-state index is -1.02. The quantitative estimate of drug-likeness (QED) is 0.851. The van der Waals surface area contributed by atoms with Crippen molar-refractivity contribution in [2.45, 2.75) is 44.6 Å². The molecule has 0 fully saturated rings. The SMILES string of the molecule is CN(c1ncccc1[C@]1(C=O)Cc2cc(C(=O)O)cnc2C1)C(C)(C)C. The van der Waals surface area contributed by atoms with Crippen LogP contribution in [0, 0.1) is 0 Å². The predicted octanol–water partition coefficient (Wildman–Crippen LogP) is 2.65. The molecule has 0 bridgehead atoms. The highest BCUT2D eigenvalue weighted by Gasteiger charge is 2.43. The molecule has 136 valence electrons. The molecule has 0 unspecified atom stereocenters. The summed E-state index contributed by atoms with van der Waals surface area (Å²) in [5.41, 5.74) is 1.63. The van der Waals surface area contributed by atoms with Crippen LogP contribution < -0.4 is 4.90 Å². The fourth-order valence-electron chi connectivity index (χ4n) is 3.38. The molecule has 0 aromatic carbocycles. The molecule has 2 heterocycles. The van der Waals surface area contributed by atoms with Crippen molar-refractivity contribution >= 4 is 18.1 Å². The van der Waals surface area contributed by atoms with Gasteiger partial charge in [-0.1, -0.05) is 6.07 Å². The smallest absolute Gasteiger partial charge is 0.337 e. The van der Waals surface area contributed by atoms with Crippen LogP contribution in [0.2, 0.25) is 0 Å². The Morgan fingerprint density at radius 2 is 2.04 bits per heavy atom. The number of aldehydes is 1. The normalized spacial score (nSPS) is 19.1. The van der Waals surface area contributed by atoms with E-state index in [1.807, 2.05) is 19.2 Å². The number of carboxylic acids is 1. The molecule has 2 aromatic heterocycles. The third-order valence-electron chi connectivity index (χ3n) is 5.17. The average Bonchev–Trinajstić information content (AvgIpc) is 2.99. The van der Waals surface area contributed by atoms with Gasteiger partial charge >= 0.3 is 5.97 Å². The number of fused-ring (bicyclic) bond motifs is 1. The number of rotatable bonds is 4. The molecule has 0 amide bonds. The van der Waals surface area contributed by atoms with Gasteiger partial charge in [-0.25, -0.2) is 9.78 Å². The maximum absolute atomic E-state index is 12.3. The molecule has 1 aliphatic rings. The molecule has 1 aliphatic carbocycles. The molecular weight excluding hydrogens is 330 g/mol. The predicted molar refractivity (Wildman–Crippen MR) is 98.7 cm³/mol. The van der Waals surface area contributed by atoms with Gasteiger partial charge in [0.05, 0.1) is 11.0 Å². The lowest BCUT2D eigenvalue weighted by atomic mass is 9.79. The minimum absolute atomic E-state index is 0.142. The number of carbonyl (C=O) groups is 2. The number of hydrogen-bond acceptors (Lipinski definition) is 5. The van der Waals surface area contributed by atoms with Crippen LogP contribution in [0.3, 0.4) is 0 Å². The van der Waals surface area contributed by atoms with Gasteiger partial charge in [0.1, 0.15) is 12.1 Å². The fraction of sp³-hybridized carbons (Fsp3) is 0.400. The maximum atomic E-state index is 12.3. The molecule has 0 saturated heterocycles. The highest BCUT2D eigenvalue weighted by atomic mass is 16.4. The monoisotopic (exact) mass is 353 g/mol. The highest BCUT2D eigenvalue weighted by molar-refractivity contribution is 5.87. The Morgan fingerprint density at radius 1 is 1.31 bits per heavy atom. The topological polar surface area (TPSA) is 83.4 Å². The van der Waals surface area contributed by atoms with Crippen molar-refractivity contribution in [2.24, 2.45) is 0 Å². The molecular formula is C20H23N3O3. The van der Waals surface area contributed by atoms with Crippen LogP contribution in [0.25, 0.3) is 0 Å². The zero-order valence-electron chi connectivity index (χ0n) is 15.5. The first kappa shape index (κ1) is 18.0. The number of carbonyl (C=O) groups excluding carboxylic acids is 1. The van der Waals surface area contributed by atoms with Gasteiger partial charge in [0.2, 0.25) is 0 Å². The van der Waals surface area contributed by atoms with Gasteiger partial charge < -0.3 is 14.8 Å².